The molecular formula is C76H146O6. The van der Waals surface area contributed by atoms with E-state index in [4.69, 9.17) is 14.2 Å². The number of hydrogen-bond donors (Lipinski definition) is 0. The summed E-state index contributed by atoms with van der Waals surface area (Å²) in [5, 5.41) is 0. The summed E-state index contributed by atoms with van der Waals surface area (Å²) >= 11 is 0. The molecule has 0 fully saturated rings. The Morgan fingerprint density at radius 3 is 0.610 bits per heavy atom. The van der Waals surface area contributed by atoms with Gasteiger partial charge in [0.15, 0.2) is 6.10 Å². The Balaban J connectivity index is 4.19. The number of hydrogen-bond acceptors (Lipinski definition) is 6. The van der Waals surface area contributed by atoms with Gasteiger partial charge in [0.2, 0.25) is 0 Å². The fourth-order valence-corrected chi connectivity index (χ4v) is 11.9. The van der Waals surface area contributed by atoms with Crippen LogP contribution in [-0.2, 0) is 28.6 Å². The van der Waals surface area contributed by atoms with Crippen LogP contribution in [0.4, 0.5) is 0 Å². The van der Waals surface area contributed by atoms with Crippen molar-refractivity contribution in [1.29, 1.82) is 0 Å². The Morgan fingerprint density at radius 2 is 0.402 bits per heavy atom. The molecule has 1 unspecified atom stereocenters. The van der Waals surface area contributed by atoms with Crippen LogP contribution >= 0.6 is 0 Å². The Labute approximate surface area is 513 Å². The molecular weight excluding hydrogens is 1010 g/mol. The number of allylic oxidation sites excluding steroid dienone is 2. The minimum atomic E-state index is -0.766. The van der Waals surface area contributed by atoms with Gasteiger partial charge in [0.05, 0.1) is 0 Å². The standard InChI is InChI=1S/C76H146O6/c1-4-7-10-13-16-19-22-25-28-30-32-34-36-37-38-39-41-42-44-46-48-51-54-57-60-63-66-69-75(78)81-72-73(71-80-74(77)68-65-62-59-56-53-50-27-24-21-18-15-12-9-6-3)82-76(79)70-67-64-61-58-55-52-49-47-45-43-40-35-33-31-29-26-23-20-17-14-11-8-5-2/h30,32,73H,4-29,31,33-72H2,1-3H3/b32-30-. The van der Waals surface area contributed by atoms with E-state index < -0.39 is 6.10 Å². The van der Waals surface area contributed by atoms with Crippen molar-refractivity contribution in [3.8, 4) is 0 Å². The molecule has 0 aromatic rings. The van der Waals surface area contributed by atoms with Gasteiger partial charge in [-0.2, -0.15) is 0 Å². The van der Waals surface area contributed by atoms with Crippen LogP contribution < -0.4 is 0 Å². The molecule has 0 aliphatic carbocycles. The van der Waals surface area contributed by atoms with Gasteiger partial charge in [0.25, 0.3) is 0 Å². The lowest BCUT2D eigenvalue weighted by Gasteiger charge is -2.18. The topological polar surface area (TPSA) is 78.9 Å². The normalized spacial score (nSPS) is 12.0. The van der Waals surface area contributed by atoms with E-state index in [0.717, 1.165) is 57.8 Å². The highest BCUT2D eigenvalue weighted by atomic mass is 16.6. The van der Waals surface area contributed by atoms with Crippen LogP contribution in [0.25, 0.3) is 0 Å². The van der Waals surface area contributed by atoms with Crippen molar-refractivity contribution in [3.63, 3.8) is 0 Å². The molecule has 486 valence electrons. The van der Waals surface area contributed by atoms with Gasteiger partial charge >= 0.3 is 17.9 Å². The van der Waals surface area contributed by atoms with Crippen molar-refractivity contribution in [2.45, 2.75) is 444 Å². The van der Waals surface area contributed by atoms with E-state index in [0.29, 0.717) is 19.3 Å². The maximum absolute atomic E-state index is 13.0. The second-order valence-corrected chi connectivity index (χ2v) is 25.9. The molecule has 0 saturated heterocycles. The summed E-state index contributed by atoms with van der Waals surface area (Å²) in [6.45, 7) is 6.74. The molecule has 82 heavy (non-hydrogen) atoms. The average molecular weight is 1160 g/mol. The fraction of sp³-hybridized carbons (Fsp3) is 0.934. The van der Waals surface area contributed by atoms with Crippen molar-refractivity contribution in [2.75, 3.05) is 13.2 Å². The van der Waals surface area contributed by atoms with Gasteiger partial charge in [0.1, 0.15) is 13.2 Å². The lowest BCUT2D eigenvalue weighted by atomic mass is 10.0. The van der Waals surface area contributed by atoms with Gasteiger partial charge in [-0.1, -0.05) is 386 Å². The predicted molar refractivity (Wildman–Crippen MR) is 358 cm³/mol. The number of unbranched alkanes of at least 4 members (excludes halogenated alkanes) is 58. The molecule has 0 heterocycles. The Kier molecular flexibility index (Phi) is 70.0. The van der Waals surface area contributed by atoms with Crippen LogP contribution in [0.2, 0.25) is 0 Å². The van der Waals surface area contributed by atoms with Crippen molar-refractivity contribution in [3.05, 3.63) is 12.2 Å². The lowest BCUT2D eigenvalue weighted by molar-refractivity contribution is -0.167. The molecule has 1 atom stereocenters. The maximum Gasteiger partial charge on any atom is 0.306 e. The van der Waals surface area contributed by atoms with Gasteiger partial charge < -0.3 is 14.2 Å². The number of carbonyl (C=O) groups is 3. The SMILES string of the molecule is CCCCCCCCCC/C=C\CCCCCCCCCCCCCCCCCC(=O)OCC(COC(=O)CCCCCCCCCCCCCCCC)OC(=O)CCCCCCCCCCCCCCCCCCCCCCCCC. The molecule has 6 heteroatoms. The molecule has 0 radical (unpaired) electrons. The van der Waals surface area contributed by atoms with Crippen molar-refractivity contribution in [2.24, 2.45) is 0 Å². The number of carbonyl (C=O) groups excluding carboxylic acids is 3. The van der Waals surface area contributed by atoms with Crippen LogP contribution in [0.3, 0.4) is 0 Å². The summed E-state index contributed by atoms with van der Waals surface area (Å²) in [5.74, 6) is -0.821. The Morgan fingerprint density at radius 1 is 0.232 bits per heavy atom. The molecule has 0 rings (SSSR count). The first-order valence-corrected chi connectivity index (χ1v) is 37.7. The van der Waals surface area contributed by atoms with Gasteiger partial charge in [-0.3, -0.25) is 14.4 Å². The van der Waals surface area contributed by atoms with Crippen molar-refractivity contribution in [1.82, 2.24) is 0 Å². The fourth-order valence-electron chi connectivity index (χ4n) is 11.9. The second-order valence-electron chi connectivity index (χ2n) is 25.9. The number of esters is 3. The molecule has 0 spiro atoms. The first-order valence-electron chi connectivity index (χ1n) is 37.7. The Bertz CT molecular complexity index is 1280. The van der Waals surface area contributed by atoms with E-state index >= 15 is 0 Å². The minimum Gasteiger partial charge on any atom is -0.462 e. The Hall–Kier alpha value is -1.85. The quantitative estimate of drug-likeness (QED) is 0.0261. The zero-order valence-electron chi connectivity index (χ0n) is 56.1. The lowest BCUT2D eigenvalue weighted by Crippen LogP contribution is -2.30. The molecule has 0 amide bonds. The highest BCUT2D eigenvalue weighted by Gasteiger charge is 2.20. The highest BCUT2D eigenvalue weighted by Crippen LogP contribution is 2.20. The van der Waals surface area contributed by atoms with Gasteiger partial charge in [0, 0.05) is 19.3 Å². The summed E-state index contributed by atoms with van der Waals surface area (Å²) in [7, 11) is 0. The number of rotatable bonds is 71. The minimum absolute atomic E-state index is 0.0619. The van der Waals surface area contributed by atoms with Crippen LogP contribution in [0.1, 0.15) is 438 Å². The van der Waals surface area contributed by atoms with E-state index in [9.17, 15) is 14.4 Å². The van der Waals surface area contributed by atoms with Crippen LogP contribution in [0.15, 0.2) is 12.2 Å². The third-order valence-electron chi connectivity index (χ3n) is 17.5. The van der Waals surface area contributed by atoms with Gasteiger partial charge in [-0.25, -0.2) is 0 Å². The third-order valence-corrected chi connectivity index (χ3v) is 17.5. The van der Waals surface area contributed by atoms with Crippen LogP contribution in [0.5, 0.6) is 0 Å². The zero-order valence-corrected chi connectivity index (χ0v) is 56.1. The summed E-state index contributed by atoms with van der Waals surface area (Å²) in [4.78, 5) is 38.5. The van der Waals surface area contributed by atoms with Gasteiger partial charge in [-0.15, -0.1) is 0 Å². The van der Waals surface area contributed by atoms with E-state index in [1.165, 1.54) is 340 Å². The second kappa shape index (κ2) is 71.6. The van der Waals surface area contributed by atoms with Crippen molar-refractivity contribution >= 4 is 17.9 Å². The van der Waals surface area contributed by atoms with Crippen molar-refractivity contribution < 1.29 is 28.6 Å². The molecule has 0 aliphatic rings. The molecule has 0 aliphatic heterocycles. The first-order chi connectivity index (χ1) is 40.5. The van der Waals surface area contributed by atoms with Crippen LogP contribution in [-0.4, -0.2) is 37.2 Å². The summed E-state index contributed by atoms with van der Waals surface area (Å²) in [5.41, 5.74) is 0. The third kappa shape index (κ3) is 68.9. The summed E-state index contributed by atoms with van der Waals surface area (Å²) < 4.78 is 17.0. The molecule has 0 saturated carbocycles. The summed E-state index contributed by atoms with van der Waals surface area (Å²) in [6, 6.07) is 0. The molecule has 6 nitrogen and oxygen atoms in total. The number of ether oxygens (including phenoxy) is 3. The smallest absolute Gasteiger partial charge is 0.306 e. The summed E-state index contributed by atoms with van der Waals surface area (Å²) in [6.07, 6.45) is 86.9. The first kappa shape index (κ1) is 80.2. The molecule has 0 N–H and O–H groups in total. The predicted octanol–water partition coefficient (Wildman–Crippen LogP) is 26.0. The highest BCUT2D eigenvalue weighted by molar-refractivity contribution is 5.71. The van der Waals surface area contributed by atoms with Crippen LogP contribution in [0, 0.1) is 0 Å². The van der Waals surface area contributed by atoms with E-state index in [-0.39, 0.29) is 31.1 Å². The maximum atomic E-state index is 13.0. The molecule has 0 bridgehead atoms. The molecule has 0 aromatic carbocycles. The van der Waals surface area contributed by atoms with E-state index in [1.54, 1.807) is 0 Å². The van der Waals surface area contributed by atoms with E-state index in [1.807, 2.05) is 0 Å². The van der Waals surface area contributed by atoms with Gasteiger partial charge in [-0.05, 0) is 44.9 Å². The monoisotopic (exact) mass is 1160 g/mol. The average Bonchev–Trinajstić information content (AvgIpc) is 3.48. The molecule has 0 aromatic heterocycles. The van der Waals surface area contributed by atoms with E-state index in [2.05, 4.69) is 32.9 Å². The zero-order chi connectivity index (χ0) is 59.2. The largest absolute Gasteiger partial charge is 0.462 e.